The number of nitrogens with zero attached hydrogens (tertiary/aromatic N) is 2. The van der Waals surface area contributed by atoms with Crippen LogP contribution in [0.2, 0.25) is 0 Å². The van der Waals surface area contributed by atoms with Crippen molar-refractivity contribution < 1.29 is 9.63 Å². The standard InChI is InChI=1S/C10H12N2O2S/c1-6-5-9(12-14-6)10-11-8(3-4-13)7(2)15-10/h5,13H,3-4H2,1-2H3. The molecule has 0 aliphatic carbocycles. The van der Waals surface area contributed by atoms with Crippen LogP contribution in [0, 0.1) is 13.8 Å². The Morgan fingerprint density at radius 2 is 2.27 bits per heavy atom. The van der Waals surface area contributed by atoms with Gasteiger partial charge in [0.1, 0.15) is 16.5 Å². The number of hydrogen-bond acceptors (Lipinski definition) is 5. The molecule has 0 bridgehead atoms. The molecule has 0 fully saturated rings. The molecule has 0 saturated heterocycles. The monoisotopic (exact) mass is 224 g/mol. The lowest BCUT2D eigenvalue weighted by Crippen LogP contribution is -1.92. The Hall–Kier alpha value is -1.20. The maximum Gasteiger partial charge on any atom is 0.145 e. The van der Waals surface area contributed by atoms with Crippen LogP contribution in [0.5, 0.6) is 0 Å². The summed E-state index contributed by atoms with van der Waals surface area (Å²) in [6.45, 7) is 3.98. The van der Waals surface area contributed by atoms with Crippen molar-refractivity contribution in [2.75, 3.05) is 6.61 Å². The van der Waals surface area contributed by atoms with Gasteiger partial charge < -0.3 is 9.63 Å². The van der Waals surface area contributed by atoms with Crippen LogP contribution in [0.15, 0.2) is 10.6 Å². The number of aliphatic hydroxyl groups excluding tert-OH is 1. The van der Waals surface area contributed by atoms with Crippen LogP contribution in [0.25, 0.3) is 10.7 Å². The van der Waals surface area contributed by atoms with E-state index >= 15 is 0 Å². The van der Waals surface area contributed by atoms with E-state index in [4.69, 9.17) is 9.63 Å². The molecule has 80 valence electrons. The number of aliphatic hydroxyl groups is 1. The highest BCUT2D eigenvalue weighted by Gasteiger charge is 2.11. The third-order valence-corrected chi connectivity index (χ3v) is 3.12. The van der Waals surface area contributed by atoms with Gasteiger partial charge in [-0.3, -0.25) is 0 Å². The van der Waals surface area contributed by atoms with Crippen molar-refractivity contribution in [2.24, 2.45) is 0 Å². The Balaban J connectivity index is 2.33. The lowest BCUT2D eigenvalue weighted by atomic mass is 10.3. The average molecular weight is 224 g/mol. The fraction of sp³-hybridized carbons (Fsp3) is 0.400. The van der Waals surface area contributed by atoms with E-state index in [2.05, 4.69) is 10.1 Å². The largest absolute Gasteiger partial charge is 0.396 e. The summed E-state index contributed by atoms with van der Waals surface area (Å²) in [6.07, 6.45) is 0.596. The molecule has 0 aromatic carbocycles. The molecule has 2 heterocycles. The Kier molecular flexibility index (Phi) is 2.83. The Morgan fingerprint density at radius 1 is 1.47 bits per heavy atom. The second-order valence-corrected chi connectivity index (χ2v) is 4.52. The predicted molar refractivity (Wildman–Crippen MR) is 57.9 cm³/mol. The molecule has 0 spiro atoms. The van der Waals surface area contributed by atoms with E-state index in [-0.39, 0.29) is 6.61 Å². The van der Waals surface area contributed by atoms with Crippen molar-refractivity contribution in [3.05, 3.63) is 22.4 Å². The summed E-state index contributed by atoms with van der Waals surface area (Å²) in [5, 5.41) is 13.6. The van der Waals surface area contributed by atoms with Crippen LogP contribution in [0.1, 0.15) is 16.3 Å². The molecule has 15 heavy (non-hydrogen) atoms. The van der Waals surface area contributed by atoms with E-state index in [1.807, 2.05) is 19.9 Å². The first-order valence-electron chi connectivity index (χ1n) is 4.71. The number of aromatic nitrogens is 2. The minimum Gasteiger partial charge on any atom is -0.396 e. The summed E-state index contributed by atoms with van der Waals surface area (Å²) in [6, 6.07) is 1.86. The molecule has 4 nitrogen and oxygen atoms in total. The summed E-state index contributed by atoms with van der Waals surface area (Å²) in [4.78, 5) is 5.54. The Labute approximate surface area is 91.6 Å². The fourth-order valence-electron chi connectivity index (χ4n) is 1.34. The summed E-state index contributed by atoms with van der Waals surface area (Å²) in [5.41, 5.74) is 1.71. The SMILES string of the molecule is Cc1cc(-c2nc(CCO)c(C)s2)no1. The molecule has 5 heteroatoms. The molecular formula is C10H12N2O2S. The summed E-state index contributed by atoms with van der Waals surface area (Å²) in [7, 11) is 0. The van der Waals surface area contributed by atoms with Crippen LogP contribution in [0.4, 0.5) is 0 Å². The zero-order valence-electron chi connectivity index (χ0n) is 8.65. The number of rotatable bonds is 3. The molecule has 0 aliphatic rings. The Bertz CT molecular complexity index is 462. The zero-order valence-corrected chi connectivity index (χ0v) is 9.47. The van der Waals surface area contributed by atoms with Crippen LogP contribution in [-0.4, -0.2) is 21.9 Å². The van der Waals surface area contributed by atoms with Crippen LogP contribution < -0.4 is 0 Å². The van der Waals surface area contributed by atoms with Crippen molar-refractivity contribution in [1.82, 2.24) is 10.1 Å². The van der Waals surface area contributed by atoms with Gasteiger partial charge in [-0.25, -0.2) is 4.98 Å². The van der Waals surface area contributed by atoms with Crippen molar-refractivity contribution in [3.63, 3.8) is 0 Å². The van der Waals surface area contributed by atoms with Gasteiger partial charge in [0.2, 0.25) is 0 Å². The summed E-state index contributed by atoms with van der Waals surface area (Å²) < 4.78 is 5.00. The molecule has 1 N–H and O–H groups in total. The molecule has 0 unspecified atom stereocenters. The third-order valence-electron chi connectivity index (χ3n) is 2.09. The van der Waals surface area contributed by atoms with Gasteiger partial charge in [-0.15, -0.1) is 11.3 Å². The zero-order chi connectivity index (χ0) is 10.8. The van der Waals surface area contributed by atoms with E-state index in [0.29, 0.717) is 6.42 Å². The fourth-order valence-corrected chi connectivity index (χ4v) is 2.25. The molecular weight excluding hydrogens is 212 g/mol. The highest BCUT2D eigenvalue weighted by atomic mass is 32.1. The first-order valence-corrected chi connectivity index (χ1v) is 5.53. The van der Waals surface area contributed by atoms with Gasteiger partial charge in [-0.1, -0.05) is 5.16 Å². The molecule has 2 aromatic rings. The lowest BCUT2D eigenvalue weighted by Gasteiger charge is -1.90. The number of aryl methyl sites for hydroxylation is 2. The average Bonchev–Trinajstić information content (AvgIpc) is 2.75. The second-order valence-electron chi connectivity index (χ2n) is 3.32. The lowest BCUT2D eigenvalue weighted by molar-refractivity contribution is 0.298. The van der Waals surface area contributed by atoms with E-state index in [9.17, 15) is 0 Å². The second kappa shape index (κ2) is 4.12. The van der Waals surface area contributed by atoms with E-state index in [0.717, 1.165) is 27.0 Å². The highest BCUT2D eigenvalue weighted by Crippen LogP contribution is 2.27. The Morgan fingerprint density at radius 3 is 2.87 bits per heavy atom. The first-order chi connectivity index (χ1) is 7.20. The van der Waals surface area contributed by atoms with Gasteiger partial charge in [0, 0.05) is 24.0 Å². The minimum atomic E-state index is 0.127. The molecule has 0 saturated carbocycles. The van der Waals surface area contributed by atoms with E-state index in [1.165, 1.54) is 0 Å². The summed E-state index contributed by atoms with van der Waals surface area (Å²) in [5.74, 6) is 0.779. The molecule has 0 radical (unpaired) electrons. The predicted octanol–water partition coefficient (Wildman–Crippen LogP) is 1.95. The maximum absolute atomic E-state index is 8.86. The molecule has 0 aliphatic heterocycles. The number of thiazole rings is 1. The van der Waals surface area contributed by atoms with Crippen molar-refractivity contribution in [3.8, 4) is 10.7 Å². The molecule has 2 aromatic heterocycles. The normalized spacial score (nSPS) is 10.9. The van der Waals surface area contributed by atoms with Crippen LogP contribution in [-0.2, 0) is 6.42 Å². The van der Waals surface area contributed by atoms with Gasteiger partial charge in [0.15, 0.2) is 0 Å². The molecule has 2 rings (SSSR count). The molecule has 0 amide bonds. The van der Waals surface area contributed by atoms with Crippen molar-refractivity contribution >= 4 is 11.3 Å². The van der Waals surface area contributed by atoms with Gasteiger partial charge in [-0.05, 0) is 13.8 Å². The van der Waals surface area contributed by atoms with Crippen LogP contribution >= 0.6 is 11.3 Å². The minimum absolute atomic E-state index is 0.127. The highest BCUT2D eigenvalue weighted by molar-refractivity contribution is 7.15. The van der Waals surface area contributed by atoms with Gasteiger partial charge in [0.05, 0.1) is 5.69 Å². The quantitative estimate of drug-likeness (QED) is 0.865. The van der Waals surface area contributed by atoms with Gasteiger partial charge in [-0.2, -0.15) is 0 Å². The van der Waals surface area contributed by atoms with E-state index < -0.39 is 0 Å². The van der Waals surface area contributed by atoms with E-state index in [1.54, 1.807) is 11.3 Å². The first kappa shape index (κ1) is 10.3. The number of hydrogen-bond donors (Lipinski definition) is 1. The molecule has 0 atom stereocenters. The van der Waals surface area contributed by atoms with Crippen molar-refractivity contribution in [1.29, 1.82) is 0 Å². The van der Waals surface area contributed by atoms with Gasteiger partial charge >= 0.3 is 0 Å². The topological polar surface area (TPSA) is 59.2 Å². The van der Waals surface area contributed by atoms with Crippen molar-refractivity contribution in [2.45, 2.75) is 20.3 Å². The summed E-state index contributed by atoms with van der Waals surface area (Å²) >= 11 is 1.58. The van der Waals surface area contributed by atoms with Gasteiger partial charge in [0.25, 0.3) is 0 Å². The van der Waals surface area contributed by atoms with Crippen LogP contribution in [0.3, 0.4) is 0 Å². The maximum atomic E-state index is 8.86. The smallest absolute Gasteiger partial charge is 0.145 e. The third kappa shape index (κ3) is 2.08.